The van der Waals surface area contributed by atoms with Crippen LogP contribution in [-0.2, 0) is 0 Å². The predicted molar refractivity (Wildman–Crippen MR) is 121 cm³/mol. The fraction of sp³-hybridized carbons (Fsp3) is 0. The van der Waals surface area contributed by atoms with Crippen LogP contribution in [0, 0.1) is 0 Å². The second-order valence-electron chi connectivity index (χ2n) is 7.35. The van der Waals surface area contributed by atoms with Crippen LogP contribution < -0.4 is 11.3 Å². The van der Waals surface area contributed by atoms with Crippen LogP contribution in [0.1, 0.15) is 0 Å². The third kappa shape index (κ3) is 2.17. The smallest absolute Gasteiger partial charge is 0.258 e. The molecule has 0 atom stereocenters. The van der Waals surface area contributed by atoms with Crippen LogP contribution in [0.5, 0.6) is 0 Å². The first-order chi connectivity index (χ1) is 14.2. The first-order valence-electron chi connectivity index (χ1n) is 9.55. The lowest BCUT2D eigenvalue weighted by Crippen LogP contribution is -2.07. The van der Waals surface area contributed by atoms with Crippen LogP contribution in [0.2, 0.25) is 0 Å². The number of aromatic amines is 2. The summed E-state index contributed by atoms with van der Waals surface area (Å²) in [6.07, 6.45) is 0. The molecule has 4 aromatic carbocycles. The maximum atomic E-state index is 13.1. The Morgan fingerprint density at radius 1 is 0.621 bits per heavy atom. The van der Waals surface area contributed by atoms with Crippen molar-refractivity contribution < 1.29 is 0 Å². The first kappa shape index (κ1) is 16.0. The number of rotatable bonds is 1. The average Bonchev–Trinajstić information content (AvgIpc) is 3.13. The summed E-state index contributed by atoms with van der Waals surface area (Å²) >= 11 is 0. The van der Waals surface area contributed by atoms with Gasteiger partial charge in [0.25, 0.3) is 5.56 Å². The number of hydrogen-bond acceptors (Lipinski definition) is 2. The van der Waals surface area contributed by atoms with Gasteiger partial charge in [0.05, 0.1) is 10.9 Å². The van der Waals surface area contributed by atoms with Gasteiger partial charge in [0.2, 0.25) is 0 Å². The lowest BCUT2D eigenvalue weighted by Gasteiger charge is -2.12. The molecule has 29 heavy (non-hydrogen) atoms. The van der Waals surface area contributed by atoms with Crippen LogP contribution in [0.15, 0.2) is 83.7 Å². The number of fused-ring (bicyclic) bond motifs is 7. The summed E-state index contributed by atoms with van der Waals surface area (Å²) < 4.78 is 0. The van der Waals surface area contributed by atoms with Gasteiger partial charge >= 0.3 is 0 Å². The molecule has 4 N–H and O–H groups in total. The maximum absolute atomic E-state index is 13.1. The number of nitrogens with two attached hydrogens (primary N) is 1. The van der Waals surface area contributed by atoms with Gasteiger partial charge < -0.3 is 15.7 Å². The quantitative estimate of drug-likeness (QED) is 0.260. The molecule has 0 amide bonds. The van der Waals surface area contributed by atoms with Crippen molar-refractivity contribution in [3.63, 3.8) is 0 Å². The van der Waals surface area contributed by atoms with Gasteiger partial charge in [0.1, 0.15) is 0 Å². The van der Waals surface area contributed by atoms with E-state index in [4.69, 9.17) is 5.73 Å². The van der Waals surface area contributed by atoms with Crippen molar-refractivity contribution in [1.29, 1.82) is 0 Å². The summed E-state index contributed by atoms with van der Waals surface area (Å²) in [6.45, 7) is 0. The van der Waals surface area contributed by atoms with Crippen molar-refractivity contribution >= 4 is 49.2 Å². The largest absolute Gasteiger partial charge is 0.398 e. The number of H-pyrrole nitrogens is 2. The monoisotopic (exact) mass is 375 g/mol. The Morgan fingerprint density at radius 3 is 2.07 bits per heavy atom. The van der Waals surface area contributed by atoms with Crippen LogP contribution in [-0.4, -0.2) is 9.97 Å². The molecule has 6 aromatic rings. The molecule has 4 nitrogen and oxygen atoms in total. The van der Waals surface area contributed by atoms with Gasteiger partial charge in [-0.25, -0.2) is 0 Å². The van der Waals surface area contributed by atoms with Gasteiger partial charge in [-0.15, -0.1) is 0 Å². The molecule has 2 aromatic heterocycles. The van der Waals surface area contributed by atoms with E-state index in [1.807, 2.05) is 66.7 Å². The van der Waals surface area contributed by atoms with Crippen molar-refractivity contribution in [2.45, 2.75) is 0 Å². The van der Waals surface area contributed by atoms with Crippen molar-refractivity contribution in [2.75, 3.05) is 5.73 Å². The number of hydrogen-bond donors (Lipinski definition) is 3. The predicted octanol–water partition coefficient (Wildman–Crippen LogP) is 5.57. The molecule has 0 spiro atoms. The van der Waals surface area contributed by atoms with E-state index in [1.54, 1.807) is 0 Å². The van der Waals surface area contributed by atoms with Gasteiger partial charge in [-0.05, 0) is 35.2 Å². The fourth-order valence-electron chi connectivity index (χ4n) is 4.45. The third-order valence-corrected chi connectivity index (χ3v) is 5.73. The highest BCUT2D eigenvalue weighted by molar-refractivity contribution is 6.26. The van der Waals surface area contributed by atoms with Crippen molar-refractivity contribution in [1.82, 2.24) is 9.97 Å². The Labute approximate surface area is 165 Å². The van der Waals surface area contributed by atoms with Crippen LogP contribution >= 0.6 is 0 Å². The molecule has 0 fully saturated rings. The Bertz CT molecular complexity index is 1640. The lowest BCUT2D eigenvalue weighted by molar-refractivity contribution is 1.34. The van der Waals surface area contributed by atoms with Crippen LogP contribution in [0.3, 0.4) is 0 Å². The minimum absolute atomic E-state index is 0.0946. The topological polar surface area (TPSA) is 74.7 Å². The zero-order chi connectivity index (χ0) is 19.5. The van der Waals surface area contributed by atoms with E-state index in [-0.39, 0.29) is 5.56 Å². The van der Waals surface area contributed by atoms with Gasteiger partial charge in [-0.2, -0.15) is 0 Å². The average molecular weight is 375 g/mol. The summed E-state index contributed by atoms with van der Waals surface area (Å²) in [7, 11) is 0. The first-order valence-corrected chi connectivity index (χ1v) is 9.55. The molecular weight excluding hydrogens is 358 g/mol. The van der Waals surface area contributed by atoms with Gasteiger partial charge in [0, 0.05) is 38.4 Å². The minimum atomic E-state index is -0.0946. The molecule has 2 heterocycles. The maximum Gasteiger partial charge on any atom is 0.258 e. The molecule has 0 aliphatic carbocycles. The van der Waals surface area contributed by atoms with E-state index in [9.17, 15) is 4.79 Å². The molecule has 0 aliphatic heterocycles. The van der Waals surface area contributed by atoms with Crippen molar-refractivity contribution in [3.05, 3.63) is 89.2 Å². The van der Waals surface area contributed by atoms with E-state index in [0.717, 1.165) is 49.2 Å². The number of nitrogen functional groups attached to an aromatic ring is 1. The van der Waals surface area contributed by atoms with E-state index in [0.29, 0.717) is 11.1 Å². The van der Waals surface area contributed by atoms with Gasteiger partial charge in [-0.1, -0.05) is 54.6 Å². The van der Waals surface area contributed by atoms with E-state index in [2.05, 4.69) is 22.1 Å². The zero-order valence-electron chi connectivity index (χ0n) is 15.5. The molecule has 0 saturated carbocycles. The molecule has 0 bridgehead atoms. The summed E-state index contributed by atoms with van der Waals surface area (Å²) in [5, 5.41) is 4.70. The number of nitrogens with one attached hydrogen (secondary N) is 2. The minimum Gasteiger partial charge on any atom is -0.398 e. The number of pyridine rings is 1. The van der Waals surface area contributed by atoms with Crippen molar-refractivity contribution in [3.8, 4) is 11.1 Å². The third-order valence-electron chi connectivity index (χ3n) is 5.73. The highest BCUT2D eigenvalue weighted by Crippen LogP contribution is 2.41. The zero-order valence-corrected chi connectivity index (χ0v) is 15.5. The molecule has 0 aliphatic rings. The SMILES string of the molecule is Nc1ccccc1-c1cc2c3ccccc3[nH]c(=O)c2c2[nH]c3ccccc3c12. The van der Waals surface area contributed by atoms with Gasteiger partial charge in [-0.3, -0.25) is 4.79 Å². The van der Waals surface area contributed by atoms with Crippen LogP contribution in [0.25, 0.3) is 54.6 Å². The summed E-state index contributed by atoms with van der Waals surface area (Å²) in [4.78, 5) is 19.6. The molecule has 4 heteroatoms. The number of para-hydroxylation sites is 3. The van der Waals surface area contributed by atoms with E-state index in [1.165, 1.54) is 0 Å². The number of anilines is 1. The Balaban J connectivity index is 1.96. The number of benzene rings is 4. The fourth-order valence-corrected chi connectivity index (χ4v) is 4.45. The molecule has 0 radical (unpaired) electrons. The second-order valence-corrected chi connectivity index (χ2v) is 7.35. The molecule has 6 rings (SSSR count). The molecular formula is C25H17N3O. The van der Waals surface area contributed by atoms with E-state index >= 15 is 0 Å². The Kier molecular flexibility index (Phi) is 3.15. The summed E-state index contributed by atoms with van der Waals surface area (Å²) in [5.41, 5.74) is 11.6. The summed E-state index contributed by atoms with van der Waals surface area (Å²) in [6, 6.07) is 26.0. The van der Waals surface area contributed by atoms with E-state index < -0.39 is 0 Å². The normalized spacial score (nSPS) is 11.7. The van der Waals surface area contributed by atoms with Crippen LogP contribution in [0.4, 0.5) is 5.69 Å². The lowest BCUT2D eigenvalue weighted by atomic mass is 9.93. The Morgan fingerprint density at radius 2 is 1.28 bits per heavy atom. The summed E-state index contributed by atoms with van der Waals surface area (Å²) in [5.74, 6) is 0. The second kappa shape index (κ2) is 5.72. The van der Waals surface area contributed by atoms with Gasteiger partial charge in [0.15, 0.2) is 0 Å². The standard InChI is InChI=1S/C25H17N3O/c26-19-10-4-1-7-14(19)17-13-18-15-8-2-5-11-20(15)28-25(29)23(18)24-22(17)16-9-3-6-12-21(16)27-24/h1-13,27H,26H2,(H,28,29). The highest BCUT2D eigenvalue weighted by Gasteiger charge is 2.18. The molecule has 138 valence electrons. The number of aromatic nitrogens is 2. The molecule has 0 unspecified atom stereocenters. The highest BCUT2D eigenvalue weighted by atomic mass is 16.1. The Hall–Kier alpha value is -4.05. The van der Waals surface area contributed by atoms with Crippen molar-refractivity contribution in [2.24, 2.45) is 0 Å². The molecule has 0 saturated heterocycles.